The summed E-state index contributed by atoms with van der Waals surface area (Å²) in [6.07, 6.45) is 0. The highest BCUT2D eigenvalue weighted by atomic mass is 16.3. The lowest BCUT2D eigenvalue weighted by Crippen LogP contribution is -2.30. The average Bonchev–Trinajstić information content (AvgIpc) is 2.74. The number of benzene rings is 2. The van der Waals surface area contributed by atoms with Crippen molar-refractivity contribution < 1.29 is 4.42 Å². The number of rotatable bonds is 0. The minimum atomic E-state index is -0.405. The SMILES string of the molecule is O=c1c(=O)c2c1ccc1oc3ccccc3c12. The second-order valence-corrected chi connectivity index (χ2v) is 4.12. The standard InChI is InChI=1S/C14H6O3/c15-13-8-5-6-10-11(12(8)14(13)16)7-3-1-2-4-9(7)17-10/h1-6H. The average molecular weight is 222 g/mol. The van der Waals surface area contributed by atoms with Crippen molar-refractivity contribution in [3.05, 3.63) is 56.8 Å². The fourth-order valence-corrected chi connectivity index (χ4v) is 2.42. The molecular formula is C14H6O3. The Hall–Kier alpha value is -2.42. The van der Waals surface area contributed by atoms with Gasteiger partial charge in [-0.2, -0.15) is 0 Å². The van der Waals surface area contributed by atoms with Crippen molar-refractivity contribution in [3.63, 3.8) is 0 Å². The number of fused-ring (bicyclic) bond motifs is 5. The smallest absolute Gasteiger partial charge is 0.235 e. The van der Waals surface area contributed by atoms with Crippen LogP contribution in [-0.2, 0) is 0 Å². The monoisotopic (exact) mass is 222 g/mol. The van der Waals surface area contributed by atoms with Crippen LogP contribution in [0, 0.1) is 0 Å². The molecule has 17 heavy (non-hydrogen) atoms. The van der Waals surface area contributed by atoms with Crippen molar-refractivity contribution in [2.45, 2.75) is 0 Å². The third kappa shape index (κ3) is 0.877. The molecule has 0 spiro atoms. The maximum atomic E-state index is 11.6. The summed E-state index contributed by atoms with van der Waals surface area (Å²) >= 11 is 0. The molecule has 0 saturated carbocycles. The Balaban J connectivity index is 2.44. The highest BCUT2D eigenvalue weighted by Gasteiger charge is 2.18. The van der Waals surface area contributed by atoms with E-state index in [1.54, 1.807) is 12.1 Å². The predicted molar refractivity (Wildman–Crippen MR) is 66.1 cm³/mol. The molecule has 0 aliphatic heterocycles. The highest BCUT2D eigenvalue weighted by Crippen LogP contribution is 2.32. The van der Waals surface area contributed by atoms with Gasteiger partial charge in [0.2, 0.25) is 10.9 Å². The van der Waals surface area contributed by atoms with Crippen LogP contribution in [0.15, 0.2) is 50.4 Å². The molecule has 0 amide bonds. The molecule has 0 unspecified atom stereocenters. The van der Waals surface area contributed by atoms with E-state index < -0.39 is 10.9 Å². The van der Waals surface area contributed by atoms with Gasteiger partial charge in [0.25, 0.3) is 0 Å². The van der Waals surface area contributed by atoms with E-state index in [0.717, 1.165) is 16.4 Å². The van der Waals surface area contributed by atoms with Gasteiger partial charge in [-0.05, 0) is 18.2 Å². The molecular weight excluding hydrogens is 216 g/mol. The molecule has 0 aliphatic carbocycles. The van der Waals surface area contributed by atoms with E-state index in [1.165, 1.54) is 0 Å². The molecule has 0 aliphatic rings. The van der Waals surface area contributed by atoms with Crippen molar-refractivity contribution in [1.82, 2.24) is 0 Å². The van der Waals surface area contributed by atoms with Crippen LogP contribution in [-0.4, -0.2) is 0 Å². The summed E-state index contributed by atoms with van der Waals surface area (Å²) < 4.78 is 5.64. The molecule has 0 saturated heterocycles. The minimum Gasteiger partial charge on any atom is -0.456 e. The lowest BCUT2D eigenvalue weighted by Gasteiger charge is -1.99. The lowest BCUT2D eigenvalue weighted by molar-refractivity contribution is 0.669. The van der Waals surface area contributed by atoms with Crippen LogP contribution in [0.25, 0.3) is 32.7 Å². The van der Waals surface area contributed by atoms with E-state index in [1.807, 2.05) is 24.3 Å². The molecule has 3 nitrogen and oxygen atoms in total. The molecule has 1 aromatic heterocycles. The fourth-order valence-electron chi connectivity index (χ4n) is 2.42. The first kappa shape index (κ1) is 8.70. The number of hydrogen-bond acceptors (Lipinski definition) is 3. The second-order valence-electron chi connectivity index (χ2n) is 4.12. The molecule has 4 rings (SSSR count). The zero-order valence-electron chi connectivity index (χ0n) is 8.69. The van der Waals surface area contributed by atoms with Crippen molar-refractivity contribution >= 4 is 32.7 Å². The summed E-state index contributed by atoms with van der Waals surface area (Å²) in [5.74, 6) is 0. The van der Waals surface area contributed by atoms with Gasteiger partial charge in [-0.25, -0.2) is 0 Å². The largest absolute Gasteiger partial charge is 0.456 e. The summed E-state index contributed by atoms with van der Waals surface area (Å²) in [6, 6.07) is 10.9. The number of para-hydroxylation sites is 1. The van der Waals surface area contributed by atoms with Crippen LogP contribution in [0.1, 0.15) is 0 Å². The van der Waals surface area contributed by atoms with Gasteiger partial charge in [-0.1, -0.05) is 18.2 Å². The highest BCUT2D eigenvalue weighted by molar-refractivity contribution is 6.20. The van der Waals surface area contributed by atoms with Gasteiger partial charge in [0.05, 0.1) is 0 Å². The first-order chi connectivity index (χ1) is 8.27. The summed E-state index contributed by atoms with van der Waals surface area (Å²) in [7, 11) is 0. The minimum absolute atomic E-state index is 0.396. The number of hydrogen-bond donors (Lipinski definition) is 0. The van der Waals surface area contributed by atoms with Gasteiger partial charge < -0.3 is 4.42 Å². The third-order valence-electron chi connectivity index (χ3n) is 3.22. The molecule has 1 heterocycles. The molecule has 80 valence electrons. The molecule has 4 aromatic rings. The Labute approximate surface area is 94.6 Å². The second kappa shape index (κ2) is 2.63. The number of furan rings is 1. The predicted octanol–water partition coefficient (Wildman–Crippen LogP) is 2.34. The first-order valence-corrected chi connectivity index (χ1v) is 5.30. The molecule has 0 fully saturated rings. The zero-order chi connectivity index (χ0) is 11.6. The Kier molecular flexibility index (Phi) is 1.35. The van der Waals surface area contributed by atoms with Crippen LogP contribution in [0.5, 0.6) is 0 Å². The third-order valence-corrected chi connectivity index (χ3v) is 3.22. The summed E-state index contributed by atoms with van der Waals surface area (Å²) in [5.41, 5.74) is 0.596. The normalized spacial score (nSPS) is 12.0. The van der Waals surface area contributed by atoms with E-state index in [0.29, 0.717) is 16.4 Å². The van der Waals surface area contributed by atoms with Crippen molar-refractivity contribution in [3.8, 4) is 0 Å². The molecule has 0 atom stereocenters. The Morgan fingerprint density at radius 1 is 0.706 bits per heavy atom. The van der Waals surface area contributed by atoms with Gasteiger partial charge in [0, 0.05) is 21.5 Å². The first-order valence-electron chi connectivity index (χ1n) is 5.30. The van der Waals surface area contributed by atoms with E-state index >= 15 is 0 Å². The van der Waals surface area contributed by atoms with E-state index in [9.17, 15) is 9.59 Å². The quantitative estimate of drug-likeness (QED) is 0.429. The topological polar surface area (TPSA) is 47.3 Å². The summed E-state index contributed by atoms with van der Waals surface area (Å²) in [5, 5.41) is 2.68. The fraction of sp³-hybridized carbons (Fsp3) is 0. The van der Waals surface area contributed by atoms with E-state index in [4.69, 9.17) is 4.42 Å². The maximum absolute atomic E-state index is 11.6. The molecule has 3 heteroatoms. The Morgan fingerprint density at radius 3 is 2.41 bits per heavy atom. The Bertz CT molecular complexity index is 966. The molecule has 0 bridgehead atoms. The van der Waals surface area contributed by atoms with Gasteiger partial charge in [0.1, 0.15) is 11.2 Å². The summed E-state index contributed by atoms with van der Waals surface area (Å²) in [6.45, 7) is 0. The maximum Gasteiger partial charge on any atom is 0.235 e. The zero-order valence-corrected chi connectivity index (χ0v) is 8.69. The van der Waals surface area contributed by atoms with Gasteiger partial charge in [-0.3, -0.25) is 9.59 Å². The molecule has 0 N–H and O–H groups in total. The van der Waals surface area contributed by atoms with Crippen LogP contribution in [0.4, 0.5) is 0 Å². The van der Waals surface area contributed by atoms with Gasteiger partial charge >= 0.3 is 0 Å². The van der Waals surface area contributed by atoms with Crippen molar-refractivity contribution in [2.75, 3.05) is 0 Å². The molecule has 3 aromatic carbocycles. The van der Waals surface area contributed by atoms with Gasteiger partial charge in [0.15, 0.2) is 0 Å². The van der Waals surface area contributed by atoms with Gasteiger partial charge in [-0.15, -0.1) is 0 Å². The van der Waals surface area contributed by atoms with E-state index in [-0.39, 0.29) is 0 Å². The summed E-state index contributed by atoms with van der Waals surface area (Å²) in [4.78, 5) is 23.0. The van der Waals surface area contributed by atoms with Crippen LogP contribution in [0.2, 0.25) is 0 Å². The molecule has 0 radical (unpaired) electrons. The Morgan fingerprint density at radius 2 is 1.53 bits per heavy atom. The van der Waals surface area contributed by atoms with Crippen LogP contribution in [0.3, 0.4) is 0 Å². The van der Waals surface area contributed by atoms with E-state index in [2.05, 4.69) is 0 Å². The van der Waals surface area contributed by atoms with Crippen LogP contribution >= 0.6 is 0 Å². The van der Waals surface area contributed by atoms with Crippen molar-refractivity contribution in [1.29, 1.82) is 0 Å². The lowest BCUT2D eigenvalue weighted by atomic mass is 9.99. The van der Waals surface area contributed by atoms with Crippen LogP contribution < -0.4 is 10.9 Å². The van der Waals surface area contributed by atoms with Crippen molar-refractivity contribution in [2.24, 2.45) is 0 Å².